The molecule has 2 nitrogen and oxygen atoms in total. The van der Waals surface area contributed by atoms with Crippen molar-refractivity contribution in [1.82, 2.24) is 4.98 Å². The molecule has 0 N–H and O–H groups in total. The van der Waals surface area contributed by atoms with Crippen LogP contribution in [0.15, 0.2) is 22.6 Å². The molecule has 0 bridgehead atoms. The number of aryl methyl sites for hydroxylation is 3. The first kappa shape index (κ1) is 11.2. The third kappa shape index (κ3) is 2.12. The van der Waals surface area contributed by atoms with E-state index in [0.717, 1.165) is 17.0 Å². The third-order valence-corrected chi connectivity index (χ3v) is 2.74. The van der Waals surface area contributed by atoms with E-state index in [9.17, 15) is 0 Å². The van der Waals surface area contributed by atoms with E-state index in [1.807, 2.05) is 6.92 Å². The van der Waals surface area contributed by atoms with Crippen LogP contribution in [0, 0.1) is 20.8 Å². The van der Waals surface area contributed by atoms with E-state index >= 15 is 0 Å². The van der Waals surface area contributed by atoms with Crippen molar-refractivity contribution >= 4 is 11.6 Å². The normalized spacial score (nSPS) is 10.8. The quantitative estimate of drug-likeness (QED) is 0.736. The van der Waals surface area contributed by atoms with E-state index in [1.54, 1.807) is 0 Å². The lowest BCUT2D eigenvalue weighted by Gasteiger charge is -2.00. The van der Waals surface area contributed by atoms with Crippen molar-refractivity contribution in [2.45, 2.75) is 26.7 Å². The van der Waals surface area contributed by atoms with Gasteiger partial charge in [0.2, 0.25) is 5.89 Å². The largest absolute Gasteiger partial charge is 0.441 e. The molecule has 1 aromatic heterocycles. The van der Waals surface area contributed by atoms with Gasteiger partial charge in [0.05, 0.1) is 11.6 Å². The summed E-state index contributed by atoms with van der Waals surface area (Å²) in [6, 6.07) is 6.26. The van der Waals surface area contributed by atoms with Crippen LogP contribution in [-0.4, -0.2) is 4.98 Å². The summed E-state index contributed by atoms with van der Waals surface area (Å²) in [6.07, 6.45) is 0. The number of hydrogen-bond donors (Lipinski definition) is 0. The fourth-order valence-electron chi connectivity index (χ4n) is 1.77. The Hall–Kier alpha value is -1.28. The van der Waals surface area contributed by atoms with Gasteiger partial charge in [-0.2, -0.15) is 0 Å². The molecule has 0 fully saturated rings. The SMILES string of the molecule is Cc1cc(C)cc(-c2nc(CCl)c(C)o2)c1. The molecule has 2 rings (SSSR count). The number of hydrogen-bond acceptors (Lipinski definition) is 2. The maximum atomic E-state index is 5.77. The fraction of sp³-hybridized carbons (Fsp3) is 0.308. The van der Waals surface area contributed by atoms with Gasteiger partial charge in [0, 0.05) is 5.56 Å². The van der Waals surface area contributed by atoms with Gasteiger partial charge in [-0.15, -0.1) is 11.6 Å². The van der Waals surface area contributed by atoms with Gasteiger partial charge in [-0.1, -0.05) is 17.2 Å². The second kappa shape index (κ2) is 4.30. The summed E-state index contributed by atoms with van der Waals surface area (Å²) in [4.78, 5) is 4.38. The Kier molecular flexibility index (Phi) is 3.01. The summed E-state index contributed by atoms with van der Waals surface area (Å²) in [5.74, 6) is 1.84. The molecule has 0 spiro atoms. The van der Waals surface area contributed by atoms with Crippen molar-refractivity contribution in [3.8, 4) is 11.5 Å². The number of alkyl halides is 1. The lowest BCUT2D eigenvalue weighted by molar-refractivity contribution is 0.540. The average molecular weight is 236 g/mol. The molecule has 0 aliphatic heterocycles. The van der Waals surface area contributed by atoms with Crippen LogP contribution in [0.5, 0.6) is 0 Å². The minimum Gasteiger partial charge on any atom is -0.441 e. The molecule has 0 radical (unpaired) electrons. The molecule has 16 heavy (non-hydrogen) atoms. The van der Waals surface area contributed by atoms with Crippen molar-refractivity contribution in [3.05, 3.63) is 40.8 Å². The Bertz CT molecular complexity index is 496. The summed E-state index contributed by atoms with van der Waals surface area (Å²) in [7, 11) is 0. The zero-order chi connectivity index (χ0) is 11.7. The van der Waals surface area contributed by atoms with Gasteiger partial charge in [-0.25, -0.2) is 4.98 Å². The highest BCUT2D eigenvalue weighted by molar-refractivity contribution is 6.16. The zero-order valence-electron chi connectivity index (χ0n) is 9.67. The maximum Gasteiger partial charge on any atom is 0.226 e. The number of nitrogens with zero attached hydrogens (tertiary/aromatic N) is 1. The summed E-state index contributed by atoms with van der Waals surface area (Å²) in [6.45, 7) is 6.01. The van der Waals surface area contributed by atoms with Crippen LogP contribution in [0.1, 0.15) is 22.6 Å². The first-order chi connectivity index (χ1) is 7.60. The highest BCUT2D eigenvalue weighted by Gasteiger charge is 2.10. The second-order valence-electron chi connectivity index (χ2n) is 4.03. The molecule has 1 aromatic carbocycles. The number of rotatable bonds is 2. The Morgan fingerprint density at radius 3 is 2.25 bits per heavy atom. The lowest BCUT2D eigenvalue weighted by atomic mass is 10.1. The van der Waals surface area contributed by atoms with Crippen LogP contribution in [0.3, 0.4) is 0 Å². The number of aromatic nitrogens is 1. The van der Waals surface area contributed by atoms with Gasteiger partial charge in [0.15, 0.2) is 0 Å². The highest BCUT2D eigenvalue weighted by atomic mass is 35.5. The molecular weight excluding hydrogens is 222 g/mol. The van der Waals surface area contributed by atoms with E-state index < -0.39 is 0 Å². The van der Waals surface area contributed by atoms with E-state index in [0.29, 0.717) is 11.8 Å². The molecule has 84 valence electrons. The van der Waals surface area contributed by atoms with Crippen LogP contribution >= 0.6 is 11.6 Å². The molecule has 0 saturated heterocycles. The van der Waals surface area contributed by atoms with E-state index in [2.05, 4.69) is 37.0 Å². The van der Waals surface area contributed by atoms with Crippen molar-refractivity contribution in [2.24, 2.45) is 0 Å². The minimum atomic E-state index is 0.389. The summed E-state index contributed by atoms with van der Waals surface area (Å²) in [5, 5.41) is 0. The molecule has 3 heteroatoms. The van der Waals surface area contributed by atoms with E-state index in [1.165, 1.54) is 11.1 Å². The fourth-order valence-corrected chi connectivity index (χ4v) is 2.02. The molecule has 0 atom stereocenters. The first-order valence-corrected chi connectivity index (χ1v) is 5.74. The van der Waals surface area contributed by atoms with Gasteiger partial charge in [-0.3, -0.25) is 0 Å². The van der Waals surface area contributed by atoms with Crippen molar-refractivity contribution in [2.75, 3.05) is 0 Å². The van der Waals surface area contributed by atoms with Crippen LogP contribution in [-0.2, 0) is 5.88 Å². The van der Waals surface area contributed by atoms with Crippen molar-refractivity contribution in [1.29, 1.82) is 0 Å². The third-order valence-electron chi connectivity index (χ3n) is 2.49. The molecule has 0 aliphatic rings. The Morgan fingerprint density at radius 1 is 1.12 bits per heavy atom. The van der Waals surface area contributed by atoms with Gasteiger partial charge >= 0.3 is 0 Å². The molecule has 0 unspecified atom stereocenters. The predicted octanol–water partition coefficient (Wildman–Crippen LogP) is 4.01. The summed E-state index contributed by atoms with van der Waals surface area (Å²) >= 11 is 5.77. The van der Waals surface area contributed by atoms with Crippen LogP contribution in [0.25, 0.3) is 11.5 Å². The van der Waals surface area contributed by atoms with E-state index in [4.69, 9.17) is 16.0 Å². The van der Waals surface area contributed by atoms with E-state index in [-0.39, 0.29) is 0 Å². The Labute approximate surface area is 100 Å². The van der Waals surface area contributed by atoms with Crippen molar-refractivity contribution in [3.63, 3.8) is 0 Å². The van der Waals surface area contributed by atoms with Crippen molar-refractivity contribution < 1.29 is 4.42 Å². The number of benzene rings is 1. The molecular formula is C13H14ClNO. The van der Waals surface area contributed by atoms with Gasteiger partial charge in [0.1, 0.15) is 5.76 Å². The number of halogens is 1. The minimum absolute atomic E-state index is 0.389. The Morgan fingerprint density at radius 2 is 1.75 bits per heavy atom. The summed E-state index contributed by atoms with van der Waals surface area (Å²) in [5.41, 5.74) is 4.24. The zero-order valence-corrected chi connectivity index (χ0v) is 10.4. The summed E-state index contributed by atoms with van der Waals surface area (Å²) < 4.78 is 5.61. The molecule has 0 saturated carbocycles. The molecule has 0 aliphatic carbocycles. The lowest BCUT2D eigenvalue weighted by Crippen LogP contribution is -1.84. The predicted molar refractivity (Wildman–Crippen MR) is 65.7 cm³/mol. The molecule has 0 amide bonds. The molecule has 2 aromatic rings. The van der Waals surface area contributed by atoms with Crippen LogP contribution in [0.4, 0.5) is 0 Å². The monoisotopic (exact) mass is 235 g/mol. The highest BCUT2D eigenvalue weighted by Crippen LogP contribution is 2.24. The van der Waals surface area contributed by atoms with Gasteiger partial charge in [-0.05, 0) is 32.9 Å². The first-order valence-electron chi connectivity index (χ1n) is 5.21. The standard InChI is InChI=1S/C13H14ClNO/c1-8-4-9(2)6-11(5-8)13-15-12(7-14)10(3)16-13/h4-6H,7H2,1-3H3. The second-order valence-corrected chi connectivity index (χ2v) is 4.30. The van der Waals surface area contributed by atoms with Gasteiger partial charge in [0.25, 0.3) is 0 Å². The average Bonchev–Trinajstić information content (AvgIpc) is 2.58. The topological polar surface area (TPSA) is 26.0 Å². The number of oxazole rings is 1. The van der Waals surface area contributed by atoms with Crippen LogP contribution in [0.2, 0.25) is 0 Å². The smallest absolute Gasteiger partial charge is 0.226 e. The maximum absolute atomic E-state index is 5.77. The Balaban J connectivity index is 2.49. The van der Waals surface area contributed by atoms with Crippen LogP contribution < -0.4 is 0 Å². The molecule has 1 heterocycles. The van der Waals surface area contributed by atoms with Gasteiger partial charge < -0.3 is 4.42 Å².